The first-order chi connectivity index (χ1) is 16.8. The van der Waals surface area contributed by atoms with Crippen molar-refractivity contribution in [3.63, 3.8) is 0 Å². The summed E-state index contributed by atoms with van der Waals surface area (Å²) >= 11 is 0. The number of amides is 2. The lowest BCUT2D eigenvalue weighted by atomic mass is 9.85. The van der Waals surface area contributed by atoms with Crippen LogP contribution in [0.5, 0.6) is 11.5 Å². The zero-order chi connectivity index (χ0) is 24.7. The van der Waals surface area contributed by atoms with Crippen molar-refractivity contribution < 1.29 is 33.4 Å². The lowest BCUT2D eigenvalue weighted by molar-refractivity contribution is -0.145. The molecule has 35 heavy (non-hydrogen) atoms. The first kappa shape index (κ1) is 22.9. The van der Waals surface area contributed by atoms with Crippen LogP contribution in [0.15, 0.2) is 36.4 Å². The molecule has 1 aromatic carbocycles. The van der Waals surface area contributed by atoms with Crippen LogP contribution in [0.4, 0.5) is 0 Å². The molecule has 3 heterocycles. The van der Waals surface area contributed by atoms with E-state index in [-0.39, 0.29) is 49.2 Å². The minimum Gasteiger partial charge on any atom is -0.457 e. The highest BCUT2D eigenvalue weighted by Crippen LogP contribution is 2.36. The van der Waals surface area contributed by atoms with Gasteiger partial charge in [-0.25, -0.2) is 0 Å². The molecule has 3 aliphatic rings. The second-order valence-corrected chi connectivity index (χ2v) is 8.98. The maximum Gasteiger partial charge on any atom is 0.308 e. The van der Waals surface area contributed by atoms with Crippen LogP contribution in [0.25, 0.3) is 5.69 Å². The molecule has 2 amide bonds. The number of benzene rings is 1. The van der Waals surface area contributed by atoms with E-state index < -0.39 is 12.6 Å². The van der Waals surface area contributed by atoms with E-state index in [9.17, 15) is 19.2 Å². The predicted octanol–water partition coefficient (Wildman–Crippen LogP) is 2.89. The predicted molar refractivity (Wildman–Crippen MR) is 123 cm³/mol. The molecule has 2 unspecified atom stereocenters. The average Bonchev–Trinajstić information content (AvgIpc) is 3.51. The molecule has 0 radical (unpaired) electrons. The molecule has 2 atom stereocenters. The molecule has 1 fully saturated rings. The smallest absolute Gasteiger partial charge is 0.308 e. The summed E-state index contributed by atoms with van der Waals surface area (Å²) in [5.41, 5.74) is 2.84. The molecular formula is C26H26N2O7. The third-order valence-corrected chi connectivity index (χ3v) is 6.85. The molecule has 9 heteroatoms. The molecule has 0 saturated carbocycles. The van der Waals surface area contributed by atoms with Crippen molar-refractivity contribution in [3.8, 4) is 17.2 Å². The lowest BCUT2D eigenvalue weighted by Crippen LogP contribution is -2.33. The summed E-state index contributed by atoms with van der Waals surface area (Å²) in [4.78, 5) is 51.3. The molecule has 9 nitrogen and oxygen atoms in total. The van der Waals surface area contributed by atoms with Crippen LogP contribution in [-0.2, 0) is 19.1 Å². The summed E-state index contributed by atoms with van der Waals surface area (Å²) < 4.78 is 17.9. The number of nitrogens with zero attached hydrogens (tertiary/aromatic N) is 2. The minimum absolute atomic E-state index is 0.0314. The number of fused-ring (bicyclic) bond motifs is 2. The van der Waals surface area contributed by atoms with E-state index in [2.05, 4.69) is 0 Å². The highest BCUT2D eigenvalue weighted by atomic mass is 16.7. The van der Waals surface area contributed by atoms with Crippen LogP contribution in [-0.4, -0.2) is 53.0 Å². The first-order valence-corrected chi connectivity index (χ1v) is 11.6. The second-order valence-electron chi connectivity index (χ2n) is 8.98. The quantitative estimate of drug-likeness (QED) is 0.261. The number of allylic oxidation sites excluding steroid dienone is 2. The average molecular weight is 479 g/mol. The van der Waals surface area contributed by atoms with Gasteiger partial charge in [0.1, 0.15) is 0 Å². The number of likely N-dealkylation sites (tertiary alicyclic amines) is 1. The van der Waals surface area contributed by atoms with Crippen molar-refractivity contribution >= 4 is 23.6 Å². The zero-order valence-corrected chi connectivity index (χ0v) is 19.6. The van der Waals surface area contributed by atoms with Crippen molar-refractivity contribution in [1.29, 1.82) is 0 Å². The number of imide groups is 1. The van der Waals surface area contributed by atoms with Crippen LogP contribution < -0.4 is 9.47 Å². The van der Waals surface area contributed by atoms with Gasteiger partial charge in [0, 0.05) is 35.2 Å². The number of hydrogen-bond donors (Lipinski definition) is 0. The Bertz CT molecular complexity index is 1230. The van der Waals surface area contributed by atoms with Gasteiger partial charge in [0.2, 0.25) is 24.4 Å². The molecule has 0 bridgehead atoms. The summed E-state index contributed by atoms with van der Waals surface area (Å²) in [6.45, 7) is 3.44. The topological polar surface area (TPSA) is 104 Å². The maximum atomic E-state index is 12.8. The van der Waals surface area contributed by atoms with Crippen molar-refractivity contribution in [3.05, 3.63) is 53.4 Å². The molecule has 182 valence electrons. The Morgan fingerprint density at radius 2 is 1.69 bits per heavy atom. The number of carbonyl (C=O) groups is 4. The van der Waals surface area contributed by atoms with Gasteiger partial charge in [-0.05, 0) is 44.9 Å². The van der Waals surface area contributed by atoms with E-state index in [1.54, 1.807) is 6.07 Å². The number of aryl methyl sites for hydroxylation is 1. The molecule has 1 aromatic heterocycles. The number of esters is 1. The van der Waals surface area contributed by atoms with Crippen molar-refractivity contribution in [2.75, 3.05) is 19.9 Å². The molecule has 0 spiro atoms. The Morgan fingerprint density at radius 1 is 1.00 bits per heavy atom. The maximum absolute atomic E-state index is 12.8. The third-order valence-electron chi connectivity index (χ3n) is 6.85. The first-order valence-electron chi connectivity index (χ1n) is 11.6. The molecule has 1 aliphatic carbocycles. The molecule has 5 rings (SSSR count). The van der Waals surface area contributed by atoms with Gasteiger partial charge in [0.25, 0.3) is 0 Å². The summed E-state index contributed by atoms with van der Waals surface area (Å²) in [5, 5.41) is 0. The van der Waals surface area contributed by atoms with Crippen LogP contribution in [0.2, 0.25) is 0 Å². The molecule has 2 aliphatic heterocycles. The summed E-state index contributed by atoms with van der Waals surface area (Å²) in [6.07, 6.45) is 4.79. The van der Waals surface area contributed by atoms with Crippen LogP contribution in [0, 0.1) is 25.7 Å². The highest BCUT2D eigenvalue weighted by Gasteiger charge is 2.47. The van der Waals surface area contributed by atoms with Crippen molar-refractivity contribution in [1.82, 2.24) is 9.47 Å². The normalized spacial score (nSPS) is 20.3. The molecule has 0 N–H and O–H groups in total. The Hall–Kier alpha value is -3.88. The number of rotatable bonds is 7. The summed E-state index contributed by atoms with van der Waals surface area (Å²) in [5.74, 6) is -0.765. The van der Waals surface area contributed by atoms with Gasteiger partial charge in [-0.2, -0.15) is 0 Å². The number of ether oxygens (including phenoxy) is 3. The van der Waals surface area contributed by atoms with E-state index in [4.69, 9.17) is 14.2 Å². The van der Waals surface area contributed by atoms with Gasteiger partial charge < -0.3 is 18.8 Å². The van der Waals surface area contributed by atoms with Gasteiger partial charge in [0.05, 0.1) is 18.3 Å². The fraction of sp³-hybridized carbons (Fsp3) is 0.385. The standard InChI is InChI=1S/C26H26N2O7/c1-15-11-20(16(2)28(15)17-7-8-22-23(12-17)35-14-34-22)21(29)13-33-24(30)9-10-27-25(31)18-5-3-4-6-19(18)26(27)32/h3-4,7-8,11-12,18-19H,5-6,9-10,13-14H2,1-2H3. The number of hydrogen-bond acceptors (Lipinski definition) is 7. The molecule has 2 aromatic rings. The highest BCUT2D eigenvalue weighted by molar-refractivity contribution is 6.05. The van der Waals surface area contributed by atoms with Crippen molar-refractivity contribution in [2.45, 2.75) is 33.1 Å². The fourth-order valence-electron chi connectivity index (χ4n) is 5.06. The number of Topliss-reactive ketones (excluding diaryl/α,β-unsaturated/α-hetero) is 1. The largest absolute Gasteiger partial charge is 0.457 e. The lowest BCUT2D eigenvalue weighted by Gasteiger charge is -2.14. The van der Waals surface area contributed by atoms with E-state index in [1.165, 1.54) is 0 Å². The number of carbonyl (C=O) groups excluding carboxylic acids is 4. The SMILES string of the molecule is Cc1cc(C(=O)COC(=O)CCN2C(=O)C3CC=CCC3C2=O)c(C)n1-c1ccc2c(c1)OCO2. The van der Waals surface area contributed by atoms with Gasteiger partial charge in [-0.3, -0.25) is 24.1 Å². The molecular weight excluding hydrogens is 452 g/mol. The van der Waals surface area contributed by atoms with Crippen LogP contribution in [0.3, 0.4) is 0 Å². The van der Waals surface area contributed by atoms with Gasteiger partial charge in [0.15, 0.2) is 18.1 Å². The van der Waals surface area contributed by atoms with Crippen LogP contribution >= 0.6 is 0 Å². The van der Waals surface area contributed by atoms with E-state index in [1.807, 2.05) is 48.8 Å². The van der Waals surface area contributed by atoms with E-state index in [0.717, 1.165) is 16.3 Å². The van der Waals surface area contributed by atoms with Gasteiger partial charge >= 0.3 is 5.97 Å². The Kier molecular flexibility index (Phi) is 5.92. The Morgan fingerprint density at radius 3 is 2.40 bits per heavy atom. The number of ketones is 1. The van der Waals surface area contributed by atoms with Crippen molar-refractivity contribution in [2.24, 2.45) is 11.8 Å². The van der Waals surface area contributed by atoms with E-state index >= 15 is 0 Å². The molecule has 1 saturated heterocycles. The number of aromatic nitrogens is 1. The van der Waals surface area contributed by atoms with E-state index in [0.29, 0.717) is 35.6 Å². The second kappa shape index (κ2) is 9.05. The van der Waals surface area contributed by atoms with Gasteiger partial charge in [-0.15, -0.1) is 0 Å². The third kappa shape index (κ3) is 4.11. The van der Waals surface area contributed by atoms with Crippen LogP contribution in [0.1, 0.15) is 41.0 Å². The monoisotopic (exact) mass is 478 g/mol. The summed E-state index contributed by atoms with van der Waals surface area (Å²) in [7, 11) is 0. The Labute approximate surface area is 202 Å². The fourth-order valence-corrected chi connectivity index (χ4v) is 5.06. The Balaban J connectivity index is 1.19. The minimum atomic E-state index is -0.628. The summed E-state index contributed by atoms with van der Waals surface area (Å²) in [6, 6.07) is 7.31. The van der Waals surface area contributed by atoms with Gasteiger partial charge in [-0.1, -0.05) is 12.2 Å². The zero-order valence-electron chi connectivity index (χ0n) is 19.6.